The molecule has 0 fully saturated rings. The molecule has 0 bridgehead atoms. The first-order valence-electron chi connectivity index (χ1n) is 7.80. The Hall–Kier alpha value is -2.33. The van der Waals surface area contributed by atoms with E-state index in [9.17, 15) is 9.90 Å². The minimum atomic E-state index is -0.247. The molecule has 1 unspecified atom stereocenters. The Morgan fingerprint density at radius 3 is 2.48 bits per heavy atom. The first-order valence-corrected chi connectivity index (χ1v) is 7.80. The molecule has 23 heavy (non-hydrogen) atoms. The van der Waals surface area contributed by atoms with E-state index in [1.165, 1.54) is 0 Å². The van der Waals surface area contributed by atoms with Crippen molar-refractivity contribution in [3.8, 4) is 5.75 Å². The van der Waals surface area contributed by atoms with E-state index in [-0.39, 0.29) is 17.6 Å². The number of ether oxygens (including phenoxy) is 1. The summed E-state index contributed by atoms with van der Waals surface area (Å²) in [5.41, 5.74) is 2.01. The summed E-state index contributed by atoms with van der Waals surface area (Å²) >= 11 is 0. The molecule has 1 atom stereocenters. The van der Waals surface area contributed by atoms with E-state index >= 15 is 0 Å². The van der Waals surface area contributed by atoms with E-state index in [0.717, 1.165) is 17.5 Å². The monoisotopic (exact) mass is 313 g/mol. The summed E-state index contributed by atoms with van der Waals surface area (Å²) in [4.78, 5) is 12.6. The number of carbonyl (C=O) groups is 1. The van der Waals surface area contributed by atoms with Crippen molar-refractivity contribution in [3.63, 3.8) is 0 Å². The van der Waals surface area contributed by atoms with Gasteiger partial charge >= 0.3 is 0 Å². The van der Waals surface area contributed by atoms with Gasteiger partial charge in [0.1, 0.15) is 5.75 Å². The third-order valence-corrected chi connectivity index (χ3v) is 3.72. The van der Waals surface area contributed by atoms with Gasteiger partial charge in [0.15, 0.2) is 0 Å². The molecule has 0 aromatic heterocycles. The van der Waals surface area contributed by atoms with E-state index in [1.807, 2.05) is 42.5 Å². The van der Waals surface area contributed by atoms with Gasteiger partial charge in [0, 0.05) is 20.3 Å². The van der Waals surface area contributed by atoms with Crippen molar-refractivity contribution in [3.05, 3.63) is 65.7 Å². The van der Waals surface area contributed by atoms with Crippen LogP contribution in [-0.2, 0) is 16.0 Å². The predicted octanol–water partition coefficient (Wildman–Crippen LogP) is 2.87. The second-order valence-electron chi connectivity index (χ2n) is 5.47. The van der Waals surface area contributed by atoms with Gasteiger partial charge < -0.3 is 15.2 Å². The number of phenols is 1. The van der Waals surface area contributed by atoms with Crippen molar-refractivity contribution in [2.24, 2.45) is 0 Å². The highest BCUT2D eigenvalue weighted by molar-refractivity contribution is 5.84. The SMILES string of the molecule is COCCCNC(=O)C(Cc1ccc(O)cc1)c1ccccc1. The van der Waals surface area contributed by atoms with Crippen LogP contribution in [0.5, 0.6) is 5.75 Å². The summed E-state index contributed by atoms with van der Waals surface area (Å²) in [6, 6.07) is 16.8. The van der Waals surface area contributed by atoms with Crippen LogP contribution in [0.1, 0.15) is 23.5 Å². The van der Waals surface area contributed by atoms with Gasteiger partial charge in [-0.2, -0.15) is 0 Å². The molecule has 0 saturated heterocycles. The number of benzene rings is 2. The lowest BCUT2D eigenvalue weighted by atomic mass is 9.91. The highest BCUT2D eigenvalue weighted by Crippen LogP contribution is 2.22. The largest absolute Gasteiger partial charge is 0.508 e. The Morgan fingerprint density at radius 1 is 1.13 bits per heavy atom. The molecule has 1 amide bonds. The van der Waals surface area contributed by atoms with Gasteiger partial charge in [-0.1, -0.05) is 42.5 Å². The number of methoxy groups -OCH3 is 1. The Bertz CT molecular complexity index is 596. The van der Waals surface area contributed by atoms with E-state index in [0.29, 0.717) is 19.6 Å². The standard InChI is InChI=1S/C19H23NO3/c1-23-13-5-12-20-19(22)18(16-6-3-2-4-7-16)14-15-8-10-17(21)11-9-15/h2-4,6-11,18,21H,5,12-14H2,1H3,(H,20,22). The first kappa shape index (κ1) is 17.0. The van der Waals surface area contributed by atoms with Crippen molar-refractivity contribution in [1.29, 1.82) is 0 Å². The molecule has 2 N–H and O–H groups in total. The summed E-state index contributed by atoms with van der Waals surface area (Å²) < 4.78 is 5.00. The normalized spacial score (nSPS) is 11.9. The molecule has 122 valence electrons. The number of carbonyl (C=O) groups excluding carboxylic acids is 1. The lowest BCUT2D eigenvalue weighted by Gasteiger charge is -2.17. The molecular weight excluding hydrogens is 290 g/mol. The van der Waals surface area contributed by atoms with Gasteiger partial charge in [0.25, 0.3) is 0 Å². The summed E-state index contributed by atoms with van der Waals surface area (Å²) in [7, 11) is 1.65. The number of rotatable bonds is 8. The van der Waals surface area contributed by atoms with E-state index in [2.05, 4.69) is 5.32 Å². The maximum Gasteiger partial charge on any atom is 0.227 e. The molecule has 0 aliphatic heterocycles. The highest BCUT2D eigenvalue weighted by atomic mass is 16.5. The number of phenolic OH excluding ortho intramolecular Hbond substituents is 1. The quantitative estimate of drug-likeness (QED) is 0.737. The van der Waals surface area contributed by atoms with Crippen LogP contribution in [0.25, 0.3) is 0 Å². The Morgan fingerprint density at radius 2 is 1.83 bits per heavy atom. The zero-order chi connectivity index (χ0) is 16.5. The fourth-order valence-electron chi connectivity index (χ4n) is 2.47. The Kier molecular flexibility index (Phi) is 6.63. The van der Waals surface area contributed by atoms with Crippen LogP contribution in [0.3, 0.4) is 0 Å². The summed E-state index contributed by atoms with van der Waals surface area (Å²) in [5.74, 6) is -0.00214. The molecule has 4 nitrogen and oxygen atoms in total. The molecule has 0 spiro atoms. The van der Waals surface area contributed by atoms with Crippen LogP contribution in [0.4, 0.5) is 0 Å². The molecule has 0 aliphatic carbocycles. The smallest absolute Gasteiger partial charge is 0.227 e. The van der Waals surface area contributed by atoms with Gasteiger partial charge in [-0.3, -0.25) is 4.79 Å². The number of hydrogen-bond donors (Lipinski definition) is 2. The molecule has 2 aromatic carbocycles. The van der Waals surface area contributed by atoms with Crippen molar-refractivity contribution in [2.75, 3.05) is 20.3 Å². The van der Waals surface area contributed by atoms with Gasteiger partial charge in [0.05, 0.1) is 5.92 Å². The van der Waals surface area contributed by atoms with Gasteiger partial charge in [-0.05, 0) is 36.1 Å². The minimum Gasteiger partial charge on any atom is -0.508 e. The molecule has 0 aliphatic rings. The molecular formula is C19H23NO3. The fraction of sp³-hybridized carbons (Fsp3) is 0.316. The number of aromatic hydroxyl groups is 1. The maximum atomic E-state index is 12.6. The highest BCUT2D eigenvalue weighted by Gasteiger charge is 2.20. The summed E-state index contributed by atoms with van der Waals surface area (Å²) in [6.07, 6.45) is 1.39. The van der Waals surface area contributed by atoms with Crippen molar-refractivity contribution < 1.29 is 14.6 Å². The van der Waals surface area contributed by atoms with E-state index in [1.54, 1.807) is 19.2 Å². The maximum absolute atomic E-state index is 12.6. The summed E-state index contributed by atoms with van der Waals surface area (Å²) in [6.45, 7) is 1.24. The van der Waals surface area contributed by atoms with Crippen LogP contribution in [-0.4, -0.2) is 31.3 Å². The summed E-state index contributed by atoms with van der Waals surface area (Å²) in [5, 5.41) is 12.4. The topological polar surface area (TPSA) is 58.6 Å². The number of nitrogens with one attached hydrogen (secondary N) is 1. The Labute approximate surface area is 137 Å². The van der Waals surface area contributed by atoms with Crippen LogP contribution in [0, 0.1) is 0 Å². The van der Waals surface area contributed by atoms with Crippen molar-refractivity contribution in [1.82, 2.24) is 5.32 Å². The molecule has 2 aromatic rings. The van der Waals surface area contributed by atoms with Gasteiger partial charge in [-0.15, -0.1) is 0 Å². The van der Waals surface area contributed by atoms with Gasteiger partial charge in [0.2, 0.25) is 5.91 Å². The first-order chi connectivity index (χ1) is 11.2. The zero-order valence-corrected chi connectivity index (χ0v) is 13.4. The van der Waals surface area contributed by atoms with Crippen molar-refractivity contribution in [2.45, 2.75) is 18.8 Å². The van der Waals surface area contributed by atoms with Crippen LogP contribution in [0.15, 0.2) is 54.6 Å². The van der Waals surface area contributed by atoms with Crippen LogP contribution in [0.2, 0.25) is 0 Å². The third kappa shape index (κ3) is 5.42. The van der Waals surface area contributed by atoms with Gasteiger partial charge in [-0.25, -0.2) is 0 Å². The molecule has 4 heteroatoms. The lowest BCUT2D eigenvalue weighted by molar-refractivity contribution is -0.122. The van der Waals surface area contributed by atoms with E-state index in [4.69, 9.17) is 4.74 Å². The fourth-order valence-corrected chi connectivity index (χ4v) is 2.47. The Balaban J connectivity index is 2.08. The lowest BCUT2D eigenvalue weighted by Crippen LogP contribution is -2.31. The third-order valence-electron chi connectivity index (χ3n) is 3.72. The average Bonchev–Trinajstić information content (AvgIpc) is 2.59. The average molecular weight is 313 g/mol. The second-order valence-corrected chi connectivity index (χ2v) is 5.47. The molecule has 0 radical (unpaired) electrons. The molecule has 2 rings (SSSR count). The minimum absolute atomic E-state index is 0.0142. The predicted molar refractivity (Wildman–Crippen MR) is 90.5 cm³/mol. The molecule has 0 heterocycles. The van der Waals surface area contributed by atoms with Crippen LogP contribution >= 0.6 is 0 Å². The van der Waals surface area contributed by atoms with E-state index < -0.39 is 0 Å². The number of hydrogen-bond acceptors (Lipinski definition) is 3. The zero-order valence-electron chi connectivity index (χ0n) is 13.4. The second kappa shape index (κ2) is 8.96. The number of amides is 1. The van der Waals surface area contributed by atoms with Crippen molar-refractivity contribution >= 4 is 5.91 Å². The molecule has 0 saturated carbocycles. The van der Waals surface area contributed by atoms with Crippen LogP contribution < -0.4 is 5.32 Å².